The highest BCUT2D eigenvalue weighted by Crippen LogP contribution is 2.24. The van der Waals surface area contributed by atoms with Crippen LogP contribution in [0.5, 0.6) is 0 Å². The van der Waals surface area contributed by atoms with E-state index in [9.17, 15) is 0 Å². The summed E-state index contributed by atoms with van der Waals surface area (Å²) >= 11 is 6.14. The minimum absolute atomic E-state index is 0.365. The van der Waals surface area contributed by atoms with Gasteiger partial charge in [-0.25, -0.2) is 0 Å². The predicted octanol–water partition coefficient (Wildman–Crippen LogP) is 3.74. The minimum Gasteiger partial charge on any atom is -0.375 e. The molecule has 78 valence electrons. The van der Waals surface area contributed by atoms with Crippen molar-refractivity contribution in [2.24, 2.45) is 0 Å². The number of alkyl halides is 1. The van der Waals surface area contributed by atoms with E-state index in [1.54, 1.807) is 0 Å². The highest BCUT2D eigenvalue weighted by molar-refractivity contribution is 6.20. The molecule has 0 spiro atoms. The second-order valence-electron chi connectivity index (χ2n) is 4.11. The Morgan fingerprint density at radius 1 is 1.38 bits per heavy atom. The van der Waals surface area contributed by atoms with Crippen molar-refractivity contribution in [1.29, 1.82) is 0 Å². The van der Waals surface area contributed by atoms with E-state index in [1.807, 2.05) is 0 Å². The summed E-state index contributed by atoms with van der Waals surface area (Å²) in [6.07, 6.45) is 8.03. The van der Waals surface area contributed by atoms with Crippen molar-refractivity contribution in [2.45, 2.75) is 70.0 Å². The quantitative estimate of drug-likeness (QED) is 0.620. The van der Waals surface area contributed by atoms with Crippen LogP contribution in [-0.4, -0.2) is 17.6 Å². The summed E-state index contributed by atoms with van der Waals surface area (Å²) < 4.78 is 5.73. The lowest BCUT2D eigenvalue weighted by Crippen LogP contribution is -2.10. The Bertz CT molecular complexity index is 138. The van der Waals surface area contributed by atoms with Gasteiger partial charge in [-0.15, -0.1) is 11.6 Å². The first-order valence-electron chi connectivity index (χ1n) is 5.52. The lowest BCUT2D eigenvalue weighted by molar-refractivity contribution is 0.0496. The van der Waals surface area contributed by atoms with Gasteiger partial charge in [0, 0.05) is 5.38 Å². The van der Waals surface area contributed by atoms with Crippen molar-refractivity contribution >= 4 is 11.6 Å². The number of hydrogen-bond donors (Lipinski definition) is 0. The molecule has 0 aromatic carbocycles. The molecular formula is C11H21ClO. The molecule has 0 aliphatic carbocycles. The Morgan fingerprint density at radius 2 is 2.15 bits per heavy atom. The minimum atomic E-state index is 0.365. The van der Waals surface area contributed by atoms with Gasteiger partial charge in [-0.05, 0) is 39.0 Å². The van der Waals surface area contributed by atoms with Crippen molar-refractivity contribution in [2.75, 3.05) is 0 Å². The summed E-state index contributed by atoms with van der Waals surface area (Å²) in [5.74, 6) is 0. The van der Waals surface area contributed by atoms with Crippen molar-refractivity contribution in [3.05, 3.63) is 0 Å². The number of rotatable bonds is 5. The van der Waals surface area contributed by atoms with Gasteiger partial charge in [0.1, 0.15) is 0 Å². The molecule has 1 aliphatic heterocycles. The predicted molar refractivity (Wildman–Crippen MR) is 57.4 cm³/mol. The standard InChI is InChI=1S/C11H21ClO/c1-3-4-10(12)6-8-11-7-5-9(2)13-11/h9-11H,3-8H2,1-2H3. The van der Waals surface area contributed by atoms with E-state index in [0.29, 0.717) is 17.6 Å². The van der Waals surface area contributed by atoms with Gasteiger partial charge < -0.3 is 4.74 Å². The van der Waals surface area contributed by atoms with Gasteiger partial charge in [0.15, 0.2) is 0 Å². The molecule has 1 nitrogen and oxygen atoms in total. The van der Waals surface area contributed by atoms with E-state index < -0.39 is 0 Å². The van der Waals surface area contributed by atoms with E-state index in [-0.39, 0.29) is 0 Å². The van der Waals surface area contributed by atoms with Crippen LogP contribution < -0.4 is 0 Å². The highest BCUT2D eigenvalue weighted by atomic mass is 35.5. The molecule has 1 saturated heterocycles. The van der Waals surface area contributed by atoms with Crippen LogP contribution in [0.4, 0.5) is 0 Å². The van der Waals surface area contributed by atoms with Crippen LogP contribution in [0, 0.1) is 0 Å². The van der Waals surface area contributed by atoms with E-state index in [4.69, 9.17) is 16.3 Å². The van der Waals surface area contributed by atoms with Crippen LogP contribution in [-0.2, 0) is 4.74 Å². The van der Waals surface area contributed by atoms with E-state index in [0.717, 1.165) is 19.3 Å². The van der Waals surface area contributed by atoms with Gasteiger partial charge in [-0.2, -0.15) is 0 Å². The average Bonchev–Trinajstić information content (AvgIpc) is 2.49. The van der Waals surface area contributed by atoms with Gasteiger partial charge in [0.25, 0.3) is 0 Å². The average molecular weight is 205 g/mol. The van der Waals surface area contributed by atoms with Crippen LogP contribution in [0.25, 0.3) is 0 Å². The molecule has 3 unspecified atom stereocenters. The van der Waals surface area contributed by atoms with Crippen molar-refractivity contribution in [3.8, 4) is 0 Å². The molecule has 3 atom stereocenters. The maximum Gasteiger partial charge on any atom is 0.0580 e. The van der Waals surface area contributed by atoms with Gasteiger partial charge in [0.2, 0.25) is 0 Å². The molecule has 1 aliphatic rings. The number of ether oxygens (including phenoxy) is 1. The summed E-state index contributed by atoms with van der Waals surface area (Å²) in [6, 6.07) is 0. The third-order valence-electron chi connectivity index (χ3n) is 2.72. The second-order valence-corrected chi connectivity index (χ2v) is 4.73. The molecule has 2 heteroatoms. The summed E-state index contributed by atoms with van der Waals surface area (Å²) in [6.45, 7) is 4.34. The Balaban J connectivity index is 2.05. The molecule has 0 bridgehead atoms. The molecule has 0 amide bonds. The fourth-order valence-corrected chi connectivity index (χ4v) is 2.27. The van der Waals surface area contributed by atoms with Crippen LogP contribution in [0.1, 0.15) is 52.4 Å². The van der Waals surface area contributed by atoms with E-state index in [2.05, 4.69) is 13.8 Å². The van der Waals surface area contributed by atoms with Gasteiger partial charge >= 0.3 is 0 Å². The third-order valence-corrected chi connectivity index (χ3v) is 3.16. The summed E-state index contributed by atoms with van der Waals surface area (Å²) in [5, 5.41) is 0.365. The summed E-state index contributed by atoms with van der Waals surface area (Å²) in [4.78, 5) is 0. The number of halogens is 1. The zero-order chi connectivity index (χ0) is 9.68. The normalized spacial score (nSPS) is 30.7. The Morgan fingerprint density at radius 3 is 2.69 bits per heavy atom. The monoisotopic (exact) mass is 204 g/mol. The molecule has 1 fully saturated rings. The summed E-state index contributed by atoms with van der Waals surface area (Å²) in [5.41, 5.74) is 0. The zero-order valence-corrected chi connectivity index (χ0v) is 9.52. The first kappa shape index (κ1) is 11.3. The first-order chi connectivity index (χ1) is 6.22. The molecule has 13 heavy (non-hydrogen) atoms. The fraction of sp³-hybridized carbons (Fsp3) is 1.00. The van der Waals surface area contributed by atoms with Crippen LogP contribution in [0.15, 0.2) is 0 Å². The lowest BCUT2D eigenvalue weighted by Gasteiger charge is -2.13. The van der Waals surface area contributed by atoms with Crippen LogP contribution >= 0.6 is 11.6 Å². The maximum atomic E-state index is 6.14. The zero-order valence-electron chi connectivity index (χ0n) is 8.76. The topological polar surface area (TPSA) is 9.23 Å². The second kappa shape index (κ2) is 5.87. The lowest BCUT2D eigenvalue weighted by atomic mass is 10.1. The fourth-order valence-electron chi connectivity index (χ4n) is 1.92. The highest BCUT2D eigenvalue weighted by Gasteiger charge is 2.21. The van der Waals surface area contributed by atoms with E-state index in [1.165, 1.54) is 19.3 Å². The Labute approximate surface area is 86.8 Å². The molecule has 0 radical (unpaired) electrons. The Hall–Kier alpha value is 0.250. The molecular weight excluding hydrogens is 184 g/mol. The maximum absolute atomic E-state index is 6.14. The molecule has 0 N–H and O–H groups in total. The van der Waals surface area contributed by atoms with Crippen LogP contribution in [0.3, 0.4) is 0 Å². The van der Waals surface area contributed by atoms with Crippen molar-refractivity contribution < 1.29 is 4.74 Å². The molecule has 1 rings (SSSR count). The smallest absolute Gasteiger partial charge is 0.0580 e. The van der Waals surface area contributed by atoms with Gasteiger partial charge in [-0.3, -0.25) is 0 Å². The van der Waals surface area contributed by atoms with Gasteiger partial charge in [0.05, 0.1) is 12.2 Å². The third kappa shape index (κ3) is 4.33. The molecule has 0 aromatic rings. The Kier molecular flexibility index (Phi) is 5.12. The molecule has 1 heterocycles. The summed E-state index contributed by atoms with van der Waals surface area (Å²) in [7, 11) is 0. The molecule has 0 aromatic heterocycles. The van der Waals surface area contributed by atoms with Crippen molar-refractivity contribution in [1.82, 2.24) is 0 Å². The first-order valence-corrected chi connectivity index (χ1v) is 5.95. The SMILES string of the molecule is CCCC(Cl)CCC1CCC(C)O1. The van der Waals surface area contributed by atoms with Crippen LogP contribution in [0.2, 0.25) is 0 Å². The molecule has 0 saturated carbocycles. The van der Waals surface area contributed by atoms with Gasteiger partial charge in [-0.1, -0.05) is 13.3 Å². The largest absolute Gasteiger partial charge is 0.375 e. The number of hydrogen-bond acceptors (Lipinski definition) is 1. The van der Waals surface area contributed by atoms with Crippen molar-refractivity contribution in [3.63, 3.8) is 0 Å². The van der Waals surface area contributed by atoms with E-state index >= 15 is 0 Å².